The molecule has 1 heterocycles. The second-order valence-corrected chi connectivity index (χ2v) is 5.43. The lowest BCUT2D eigenvalue weighted by Crippen LogP contribution is -2.29. The van der Waals surface area contributed by atoms with E-state index in [0.29, 0.717) is 18.5 Å². The van der Waals surface area contributed by atoms with Crippen LogP contribution in [-0.4, -0.2) is 22.0 Å². The number of aromatic nitrogens is 2. The number of hydrogen-bond acceptors (Lipinski definition) is 2. The molecule has 4 nitrogen and oxygen atoms in total. The van der Waals surface area contributed by atoms with Crippen LogP contribution in [-0.2, 0) is 17.8 Å². The summed E-state index contributed by atoms with van der Waals surface area (Å²) in [6.07, 6.45) is 0.474. The second-order valence-electron chi connectivity index (χ2n) is 5.43. The van der Waals surface area contributed by atoms with Gasteiger partial charge in [0.1, 0.15) is 18.2 Å². The lowest BCUT2D eigenvalue weighted by atomic mass is 10.1. The molecule has 3 aromatic rings. The zero-order chi connectivity index (χ0) is 16.2. The van der Waals surface area contributed by atoms with Crippen molar-refractivity contribution in [3.63, 3.8) is 0 Å². The lowest BCUT2D eigenvalue weighted by molar-refractivity contribution is -0.121. The summed E-state index contributed by atoms with van der Waals surface area (Å²) in [5.74, 6) is 0.459. The lowest BCUT2D eigenvalue weighted by Gasteiger charge is -2.09. The minimum absolute atomic E-state index is 0.104. The maximum atomic E-state index is 13.5. The first-order chi connectivity index (χ1) is 11.1. The SMILES string of the molecule is Cc1nc2ccccc2n1CC(=O)NCCc1ccccc1F. The average Bonchev–Trinajstić information content (AvgIpc) is 2.85. The molecule has 0 radical (unpaired) electrons. The van der Waals surface area contributed by atoms with Crippen molar-refractivity contribution < 1.29 is 9.18 Å². The van der Waals surface area contributed by atoms with Gasteiger partial charge in [-0.15, -0.1) is 0 Å². The Labute approximate surface area is 134 Å². The number of rotatable bonds is 5. The van der Waals surface area contributed by atoms with E-state index in [2.05, 4.69) is 10.3 Å². The molecule has 0 saturated heterocycles. The Hall–Kier alpha value is -2.69. The largest absolute Gasteiger partial charge is 0.354 e. The number of fused-ring (bicyclic) bond motifs is 1. The summed E-state index contributed by atoms with van der Waals surface area (Å²) in [5, 5.41) is 2.83. The number of benzene rings is 2. The fourth-order valence-corrected chi connectivity index (χ4v) is 2.63. The maximum Gasteiger partial charge on any atom is 0.240 e. The van der Waals surface area contributed by atoms with Gasteiger partial charge in [0.05, 0.1) is 11.0 Å². The highest BCUT2D eigenvalue weighted by Gasteiger charge is 2.10. The Morgan fingerprint density at radius 3 is 2.74 bits per heavy atom. The Morgan fingerprint density at radius 1 is 1.17 bits per heavy atom. The molecule has 0 atom stereocenters. The first kappa shape index (κ1) is 15.2. The van der Waals surface area contributed by atoms with Crippen LogP contribution in [0.2, 0.25) is 0 Å². The molecule has 2 aromatic carbocycles. The molecule has 0 aliphatic heterocycles. The second kappa shape index (κ2) is 6.60. The molecule has 23 heavy (non-hydrogen) atoms. The number of imidazole rings is 1. The summed E-state index contributed by atoms with van der Waals surface area (Å²) in [5.41, 5.74) is 2.43. The summed E-state index contributed by atoms with van der Waals surface area (Å²) < 4.78 is 15.4. The molecule has 0 bridgehead atoms. The van der Waals surface area contributed by atoms with Crippen molar-refractivity contribution in [2.45, 2.75) is 19.9 Å². The fraction of sp³-hybridized carbons (Fsp3) is 0.222. The van der Waals surface area contributed by atoms with Crippen LogP contribution in [0.1, 0.15) is 11.4 Å². The van der Waals surface area contributed by atoms with Crippen LogP contribution >= 0.6 is 0 Å². The molecular weight excluding hydrogens is 293 g/mol. The molecular formula is C18H18FN3O. The van der Waals surface area contributed by atoms with E-state index in [1.54, 1.807) is 18.2 Å². The molecule has 0 unspecified atom stereocenters. The Morgan fingerprint density at radius 2 is 1.91 bits per heavy atom. The van der Waals surface area contributed by atoms with Gasteiger partial charge in [-0.2, -0.15) is 0 Å². The Balaban J connectivity index is 1.61. The molecule has 0 aliphatic carbocycles. The third-order valence-electron chi connectivity index (χ3n) is 3.82. The number of carbonyl (C=O) groups excluding carboxylic acids is 1. The molecule has 0 saturated carbocycles. The number of para-hydroxylation sites is 2. The van der Waals surface area contributed by atoms with Gasteiger partial charge in [-0.1, -0.05) is 30.3 Å². The van der Waals surface area contributed by atoms with E-state index in [4.69, 9.17) is 0 Å². The van der Waals surface area contributed by atoms with Gasteiger partial charge < -0.3 is 9.88 Å². The van der Waals surface area contributed by atoms with Crippen LogP contribution in [0.3, 0.4) is 0 Å². The predicted molar refractivity (Wildman–Crippen MR) is 87.6 cm³/mol. The molecule has 5 heteroatoms. The van der Waals surface area contributed by atoms with E-state index in [1.165, 1.54) is 6.07 Å². The number of aryl methyl sites for hydroxylation is 1. The van der Waals surface area contributed by atoms with Gasteiger partial charge in [0, 0.05) is 6.54 Å². The summed E-state index contributed by atoms with van der Waals surface area (Å²) >= 11 is 0. The molecule has 1 N–H and O–H groups in total. The van der Waals surface area contributed by atoms with Gasteiger partial charge in [0.15, 0.2) is 0 Å². The number of nitrogens with one attached hydrogen (secondary N) is 1. The molecule has 118 valence electrons. The molecule has 1 amide bonds. The van der Waals surface area contributed by atoms with Crippen LogP contribution in [0.15, 0.2) is 48.5 Å². The molecule has 0 fully saturated rings. The summed E-state index contributed by atoms with van der Waals surface area (Å²) in [7, 11) is 0. The molecule has 3 rings (SSSR count). The highest BCUT2D eigenvalue weighted by atomic mass is 19.1. The topological polar surface area (TPSA) is 46.9 Å². The summed E-state index contributed by atoms with van der Waals surface area (Å²) in [6.45, 7) is 2.50. The van der Waals surface area contributed by atoms with Crippen molar-refractivity contribution in [3.05, 3.63) is 65.7 Å². The van der Waals surface area contributed by atoms with Crippen molar-refractivity contribution in [3.8, 4) is 0 Å². The van der Waals surface area contributed by atoms with Gasteiger partial charge in [0.25, 0.3) is 0 Å². The van der Waals surface area contributed by atoms with Crippen molar-refractivity contribution in [2.75, 3.05) is 6.54 Å². The quantitative estimate of drug-likeness (QED) is 0.787. The molecule has 1 aromatic heterocycles. The van der Waals surface area contributed by atoms with Crippen molar-refractivity contribution in [2.24, 2.45) is 0 Å². The highest BCUT2D eigenvalue weighted by Crippen LogP contribution is 2.15. The molecule has 0 aliphatic rings. The van der Waals surface area contributed by atoms with Crippen molar-refractivity contribution >= 4 is 16.9 Å². The number of halogens is 1. The van der Waals surface area contributed by atoms with Crippen LogP contribution in [0.25, 0.3) is 11.0 Å². The Kier molecular flexibility index (Phi) is 4.37. The predicted octanol–water partition coefficient (Wildman–Crippen LogP) is 2.84. The highest BCUT2D eigenvalue weighted by molar-refractivity contribution is 5.81. The van der Waals surface area contributed by atoms with E-state index in [1.807, 2.05) is 35.8 Å². The van der Waals surface area contributed by atoms with Crippen molar-refractivity contribution in [1.82, 2.24) is 14.9 Å². The normalized spacial score (nSPS) is 10.9. The van der Waals surface area contributed by atoms with Gasteiger partial charge in [-0.05, 0) is 37.1 Å². The van der Waals surface area contributed by atoms with Gasteiger partial charge in [-0.3, -0.25) is 4.79 Å². The van der Waals surface area contributed by atoms with Gasteiger partial charge in [-0.25, -0.2) is 9.37 Å². The van der Waals surface area contributed by atoms with Crippen molar-refractivity contribution in [1.29, 1.82) is 0 Å². The minimum atomic E-state index is -0.238. The smallest absolute Gasteiger partial charge is 0.240 e. The standard InChI is InChI=1S/C18H18FN3O/c1-13-21-16-8-4-5-9-17(16)22(13)12-18(23)20-11-10-14-6-2-3-7-15(14)19/h2-9H,10-12H2,1H3,(H,20,23). The van der Waals surface area contributed by atoms with Crippen LogP contribution < -0.4 is 5.32 Å². The average molecular weight is 311 g/mol. The number of amides is 1. The van der Waals surface area contributed by atoms with E-state index < -0.39 is 0 Å². The minimum Gasteiger partial charge on any atom is -0.354 e. The Bertz CT molecular complexity index is 841. The summed E-state index contributed by atoms with van der Waals surface area (Å²) in [4.78, 5) is 16.6. The monoisotopic (exact) mass is 311 g/mol. The first-order valence-corrected chi connectivity index (χ1v) is 7.57. The van der Waals surface area contributed by atoms with E-state index in [0.717, 1.165) is 16.9 Å². The van der Waals surface area contributed by atoms with E-state index in [9.17, 15) is 9.18 Å². The van der Waals surface area contributed by atoms with Crippen LogP contribution in [0.4, 0.5) is 4.39 Å². The fourth-order valence-electron chi connectivity index (χ4n) is 2.63. The molecule has 0 spiro atoms. The zero-order valence-corrected chi connectivity index (χ0v) is 12.9. The van der Waals surface area contributed by atoms with Crippen LogP contribution in [0.5, 0.6) is 0 Å². The van der Waals surface area contributed by atoms with E-state index >= 15 is 0 Å². The third kappa shape index (κ3) is 3.39. The number of carbonyl (C=O) groups is 1. The number of nitrogens with zero attached hydrogens (tertiary/aromatic N) is 2. The van der Waals surface area contributed by atoms with Gasteiger partial charge in [0.2, 0.25) is 5.91 Å². The third-order valence-corrected chi connectivity index (χ3v) is 3.82. The zero-order valence-electron chi connectivity index (χ0n) is 12.9. The maximum absolute atomic E-state index is 13.5. The first-order valence-electron chi connectivity index (χ1n) is 7.57. The number of hydrogen-bond donors (Lipinski definition) is 1. The van der Waals surface area contributed by atoms with Gasteiger partial charge >= 0.3 is 0 Å². The summed E-state index contributed by atoms with van der Waals surface area (Å²) in [6, 6.07) is 14.3. The van der Waals surface area contributed by atoms with Crippen LogP contribution in [0, 0.1) is 12.7 Å². The van der Waals surface area contributed by atoms with E-state index in [-0.39, 0.29) is 18.3 Å².